The van der Waals surface area contributed by atoms with E-state index in [4.69, 9.17) is 0 Å². The number of carbonyl (C=O) groups is 2. The average Bonchev–Trinajstić information content (AvgIpc) is 2.45. The second kappa shape index (κ2) is 11.4. The van der Waals surface area contributed by atoms with Gasteiger partial charge in [0.1, 0.15) is 0 Å². The summed E-state index contributed by atoms with van der Waals surface area (Å²) in [7, 11) is 0. The highest BCUT2D eigenvalue weighted by molar-refractivity contribution is 5.98. The van der Waals surface area contributed by atoms with Gasteiger partial charge in [0, 0.05) is 0 Å². The van der Waals surface area contributed by atoms with Crippen LogP contribution in [0.25, 0.3) is 0 Å². The number of rotatable bonds is 14. The Balaban J connectivity index is 4.64. The summed E-state index contributed by atoms with van der Waals surface area (Å²) in [6, 6.07) is 0. The minimum atomic E-state index is -1.82. The van der Waals surface area contributed by atoms with Gasteiger partial charge in [-0.3, -0.25) is 9.59 Å². The third-order valence-corrected chi connectivity index (χ3v) is 4.34. The topological polar surface area (TPSA) is 115 Å². The number of carboxylic acids is 2. The molecule has 0 bridgehead atoms. The van der Waals surface area contributed by atoms with Gasteiger partial charge in [0.15, 0.2) is 5.41 Å². The Labute approximate surface area is 138 Å². The number of hydrogen-bond acceptors (Lipinski definition) is 4. The number of hydrogen-bond donors (Lipinski definition) is 4. The fourth-order valence-corrected chi connectivity index (χ4v) is 2.88. The standard InChI is InChI=1S/C17H32O6/c1-3-7-13(18)9-5-11-17(15(20)21,16(22)23)12-6-10-14(19)8-4-2/h13-14,18-19H,3-12H2,1-2H3,(H,20,21)(H,22,23). The van der Waals surface area contributed by atoms with Crippen molar-refractivity contribution in [1.82, 2.24) is 0 Å². The van der Waals surface area contributed by atoms with Crippen LogP contribution < -0.4 is 0 Å². The first kappa shape index (κ1) is 21.9. The molecule has 0 heterocycles. The third-order valence-electron chi connectivity index (χ3n) is 4.34. The van der Waals surface area contributed by atoms with E-state index >= 15 is 0 Å². The Bertz CT molecular complexity index is 321. The third kappa shape index (κ3) is 7.79. The van der Waals surface area contributed by atoms with Crippen LogP contribution in [0.2, 0.25) is 0 Å². The summed E-state index contributed by atoms with van der Waals surface area (Å²) in [6.07, 6.45) is 3.46. The molecule has 0 aliphatic rings. The summed E-state index contributed by atoms with van der Waals surface area (Å²) in [5.74, 6) is -2.67. The van der Waals surface area contributed by atoms with Gasteiger partial charge < -0.3 is 20.4 Å². The molecule has 0 saturated carbocycles. The molecule has 0 aromatic heterocycles. The van der Waals surface area contributed by atoms with Gasteiger partial charge in [0.25, 0.3) is 0 Å². The summed E-state index contributed by atoms with van der Waals surface area (Å²) in [5.41, 5.74) is -1.82. The zero-order valence-electron chi connectivity index (χ0n) is 14.3. The maximum atomic E-state index is 11.6. The van der Waals surface area contributed by atoms with Gasteiger partial charge in [-0.2, -0.15) is 0 Å². The van der Waals surface area contributed by atoms with Gasteiger partial charge in [0.05, 0.1) is 12.2 Å². The van der Waals surface area contributed by atoms with Crippen molar-refractivity contribution in [3.63, 3.8) is 0 Å². The lowest BCUT2D eigenvalue weighted by Gasteiger charge is -2.25. The summed E-state index contributed by atoms with van der Waals surface area (Å²) >= 11 is 0. The van der Waals surface area contributed by atoms with Crippen LogP contribution in [0.3, 0.4) is 0 Å². The molecule has 0 aromatic carbocycles. The van der Waals surface area contributed by atoms with E-state index in [0.717, 1.165) is 12.8 Å². The fourth-order valence-electron chi connectivity index (χ4n) is 2.88. The zero-order chi connectivity index (χ0) is 17.9. The number of carboxylic acid groups (broad SMARTS) is 2. The lowest BCUT2D eigenvalue weighted by atomic mass is 9.77. The van der Waals surface area contributed by atoms with Crippen LogP contribution in [0, 0.1) is 5.41 Å². The van der Waals surface area contributed by atoms with Crippen LogP contribution in [-0.2, 0) is 9.59 Å². The van der Waals surface area contributed by atoms with E-state index in [1.54, 1.807) is 0 Å². The van der Waals surface area contributed by atoms with E-state index in [1.165, 1.54) is 0 Å². The monoisotopic (exact) mass is 332 g/mol. The smallest absolute Gasteiger partial charge is 0.321 e. The predicted molar refractivity (Wildman–Crippen MR) is 87.2 cm³/mol. The minimum absolute atomic E-state index is 0.00230. The molecule has 23 heavy (non-hydrogen) atoms. The first-order valence-electron chi connectivity index (χ1n) is 8.63. The minimum Gasteiger partial charge on any atom is -0.480 e. The van der Waals surface area contributed by atoms with E-state index in [0.29, 0.717) is 38.5 Å². The second-order valence-corrected chi connectivity index (χ2v) is 6.36. The molecule has 6 nitrogen and oxygen atoms in total. The van der Waals surface area contributed by atoms with E-state index in [-0.39, 0.29) is 12.8 Å². The van der Waals surface area contributed by atoms with Crippen LogP contribution in [0.1, 0.15) is 78.1 Å². The molecule has 0 aromatic rings. The average molecular weight is 332 g/mol. The van der Waals surface area contributed by atoms with Crippen molar-refractivity contribution in [3.8, 4) is 0 Å². The normalized spacial score (nSPS) is 14.4. The van der Waals surface area contributed by atoms with Gasteiger partial charge in [-0.1, -0.05) is 26.7 Å². The molecule has 0 aliphatic heterocycles. The van der Waals surface area contributed by atoms with Gasteiger partial charge in [-0.25, -0.2) is 0 Å². The van der Waals surface area contributed by atoms with Crippen molar-refractivity contribution in [1.29, 1.82) is 0 Å². The summed E-state index contributed by atoms with van der Waals surface area (Å²) in [6.45, 7) is 3.90. The Kier molecular flexibility index (Phi) is 10.8. The highest BCUT2D eigenvalue weighted by Crippen LogP contribution is 2.33. The quantitative estimate of drug-likeness (QED) is 0.364. The Morgan fingerprint density at radius 1 is 0.783 bits per heavy atom. The van der Waals surface area contributed by atoms with Crippen molar-refractivity contribution in [3.05, 3.63) is 0 Å². The molecule has 136 valence electrons. The zero-order valence-corrected chi connectivity index (χ0v) is 14.3. The first-order chi connectivity index (χ1) is 10.8. The molecule has 0 fully saturated rings. The van der Waals surface area contributed by atoms with Crippen molar-refractivity contribution in [2.45, 2.75) is 90.3 Å². The van der Waals surface area contributed by atoms with Crippen molar-refractivity contribution in [2.75, 3.05) is 0 Å². The summed E-state index contributed by atoms with van der Waals surface area (Å²) in [4.78, 5) is 23.1. The Morgan fingerprint density at radius 2 is 1.13 bits per heavy atom. The SMILES string of the molecule is CCCC(O)CCCC(CCCC(O)CCC)(C(=O)O)C(=O)O. The Morgan fingerprint density at radius 3 is 1.39 bits per heavy atom. The van der Waals surface area contributed by atoms with Crippen LogP contribution in [0.4, 0.5) is 0 Å². The highest BCUT2D eigenvalue weighted by Gasteiger charge is 2.45. The molecule has 0 rings (SSSR count). The molecule has 0 radical (unpaired) electrons. The largest absolute Gasteiger partial charge is 0.480 e. The Hall–Kier alpha value is -1.14. The lowest BCUT2D eigenvalue weighted by Crippen LogP contribution is -2.39. The molecule has 0 aliphatic carbocycles. The number of aliphatic hydroxyl groups excluding tert-OH is 2. The maximum Gasteiger partial charge on any atom is 0.321 e. The van der Waals surface area contributed by atoms with E-state index < -0.39 is 29.6 Å². The maximum absolute atomic E-state index is 11.6. The summed E-state index contributed by atoms with van der Waals surface area (Å²) < 4.78 is 0. The van der Waals surface area contributed by atoms with Crippen molar-refractivity contribution >= 4 is 11.9 Å². The lowest BCUT2D eigenvalue weighted by molar-refractivity contribution is -0.166. The van der Waals surface area contributed by atoms with Crippen LogP contribution in [0.5, 0.6) is 0 Å². The molecule has 2 atom stereocenters. The molecule has 0 amide bonds. The second-order valence-electron chi connectivity index (χ2n) is 6.36. The van der Waals surface area contributed by atoms with Gasteiger partial charge >= 0.3 is 11.9 Å². The molecular formula is C17H32O6. The van der Waals surface area contributed by atoms with Gasteiger partial charge in [-0.05, 0) is 51.4 Å². The highest BCUT2D eigenvalue weighted by atomic mass is 16.4. The molecule has 2 unspecified atom stereocenters. The van der Waals surface area contributed by atoms with Crippen LogP contribution in [-0.4, -0.2) is 44.6 Å². The molecule has 4 N–H and O–H groups in total. The number of aliphatic hydroxyl groups is 2. The predicted octanol–water partition coefficient (Wildman–Crippen LogP) is 2.80. The summed E-state index contributed by atoms with van der Waals surface area (Å²) in [5, 5.41) is 38.3. The molecule has 0 spiro atoms. The van der Waals surface area contributed by atoms with E-state index in [1.807, 2.05) is 13.8 Å². The number of aliphatic carboxylic acids is 2. The first-order valence-corrected chi connectivity index (χ1v) is 8.63. The molecule has 0 saturated heterocycles. The van der Waals surface area contributed by atoms with Crippen molar-refractivity contribution < 1.29 is 30.0 Å². The van der Waals surface area contributed by atoms with Crippen LogP contribution in [0.15, 0.2) is 0 Å². The van der Waals surface area contributed by atoms with E-state index in [2.05, 4.69) is 0 Å². The van der Waals surface area contributed by atoms with Crippen LogP contribution >= 0.6 is 0 Å². The fraction of sp³-hybridized carbons (Fsp3) is 0.882. The van der Waals surface area contributed by atoms with Gasteiger partial charge in [0.2, 0.25) is 0 Å². The molecular weight excluding hydrogens is 300 g/mol. The van der Waals surface area contributed by atoms with E-state index in [9.17, 15) is 30.0 Å². The van der Waals surface area contributed by atoms with Gasteiger partial charge in [-0.15, -0.1) is 0 Å². The van der Waals surface area contributed by atoms with Crippen molar-refractivity contribution in [2.24, 2.45) is 5.41 Å². The molecule has 6 heteroatoms.